The lowest BCUT2D eigenvalue weighted by molar-refractivity contribution is 0.104. The SMILES string of the molecule is CN(C)c1ccc(N/C=C\C(=O)c2ccc3ccccc3c2)cc1. The number of benzene rings is 3. The number of carbonyl (C=O) groups is 1. The molecule has 0 unspecified atom stereocenters. The number of carbonyl (C=O) groups excluding carboxylic acids is 1. The molecule has 3 rings (SSSR count). The molecule has 120 valence electrons. The Bertz CT molecular complexity index is 880. The van der Waals surface area contributed by atoms with Crippen molar-refractivity contribution in [1.82, 2.24) is 0 Å². The molecule has 0 spiro atoms. The summed E-state index contributed by atoms with van der Waals surface area (Å²) in [7, 11) is 4.01. The van der Waals surface area contributed by atoms with E-state index in [1.54, 1.807) is 12.3 Å². The molecule has 0 atom stereocenters. The summed E-state index contributed by atoms with van der Waals surface area (Å²) in [4.78, 5) is 14.3. The van der Waals surface area contributed by atoms with Crippen molar-refractivity contribution in [1.29, 1.82) is 0 Å². The average molecular weight is 316 g/mol. The molecule has 0 aliphatic carbocycles. The van der Waals surface area contributed by atoms with Crippen LogP contribution in [0, 0.1) is 0 Å². The topological polar surface area (TPSA) is 32.3 Å². The van der Waals surface area contributed by atoms with E-state index < -0.39 is 0 Å². The normalized spacial score (nSPS) is 10.9. The van der Waals surface area contributed by atoms with Crippen LogP contribution < -0.4 is 10.2 Å². The predicted octanol–water partition coefficient (Wildman–Crippen LogP) is 4.71. The van der Waals surface area contributed by atoms with Crippen LogP contribution in [0.25, 0.3) is 10.8 Å². The summed E-state index contributed by atoms with van der Waals surface area (Å²) in [6, 6.07) is 21.8. The van der Waals surface area contributed by atoms with Crippen molar-refractivity contribution in [2.75, 3.05) is 24.3 Å². The summed E-state index contributed by atoms with van der Waals surface area (Å²) >= 11 is 0. The Morgan fingerprint density at radius 3 is 2.33 bits per heavy atom. The number of nitrogens with one attached hydrogen (secondary N) is 1. The molecule has 0 fully saturated rings. The van der Waals surface area contributed by atoms with Crippen molar-refractivity contribution < 1.29 is 4.79 Å². The monoisotopic (exact) mass is 316 g/mol. The molecule has 0 saturated carbocycles. The summed E-state index contributed by atoms with van der Waals surface area (Å²) in [5, 5.41) is 5.34. The van der Waals surface area contributed by atoms with Gasteiger partial charge in [0, 0.05) is 43.3 Å². The minimum absolute atomic E-state index is 0.0156. The minimum atomic E-state index is -0.0156. The average Bonchev–Trinajstić information content (AvgIpc) is 2.61. The van der Waals surface area contributed by atoms with E-state index >= 15 is 0 Å². The van der Waals surface area contributed by atoms with Gasteiger partial charge in [-0.1, -0.05) is 36.4 Å². The lowest BCUT2D eigenvalue weighted by Gasteiger charge is -2.12. The number of ketones is 1. The Balaban J connectivity index is 1.67. The van der Waals surface area contributed by atoms with E-state index in [9.17, 15) is 4.79 Å². The highest BCUT2D eigenvalue weighted by molar-refractivity contribution is 6.06. The van der Waals surface area contributed by atoms with Crippen LogP contribution in [0.2, 0.25) is 0 Å². The first-order chi connectivity index (χ1) is 11.6. The van der Waals surface area contributed by atoms with Gasteiger partial charge in [-0.25, -0.2) is 0 Å². The third-order valence-corrected chi connectivity index (χ3v) is 3.90. The van der Waals surface area contributed by atoms with Gasteiger partial charge >= 0.3 is 0 Å². The maximum atomic E-state index is 12.3. The van der Waals surface area contributed by atoms with Crippen molar-refractivity contribution in [2.24, 2.45) is 0 Å². The molecule has 0 aliphatic rings. The number of anilines is 2. The Morgan fingerprint density at radius 2 is 1.62 bits per heavy atom. The van der Waals surface area contributed by atoms with E-state index in [-0.39, 0.29) is 5.78 Å². The Labute approximate surface area is 142 Å². The van der Waals surface area contributed by atoms with Gasteiger partial charge in [0.05, 0.1) is 0 Å². The van der Waals surface area contributed by atoms with Crippen molar-refractivity contribution in [3.8, 4) is 0 Å². The zero-order chi connectivity index (χ0) is 16.9. The highest BCUT2D eigenvalue weighted by atomic mass is 16.1. The van der Waals surface area contributed by atoms with Gasteiger partial charge in [-0.3, -0.25) is 4.79 Å². The van der Waals surface area contributed by atoms with Crippen molar-refractivity contribution in [3.05, 3.63) is 84.6 Å². The number of hydrogen-bond donors (Lipinski definition) is 1. The van der Waals surface area contributed by atoms with Gasteiger partial charge in [0.2, 0.25) is 0 Å². The minimum Gasteiger partial charge on any atom is -0.378 e. The molecule has 3 heteroatoms. The molecule has 0 heterocycles. The molecule has 1 N–H and O–H groups in total. The Kier molecular flexibility index (Phi) is 4.62. The van der Waals surface area contributed by atoms with E-state index in [0.29, 0.717) is 5.56 Å². The van der Waals surface area contributed by atoms with Crippen LogP contribution in [-0.4, -0.2) is 19.9 Å². The maximum Gasteiger partial charge on any atom is 0.187 e. The smallest absolute Gasteiger partial charge is 0.187 e. The number of allylic oxidation sites excluding steroid dienone is 1. The predicted molar refractivity (Wildman–Crippen MR) is 102 cm³/mol. The fourth-order valence-corrected chi connectivity index (χ4v) is 2.51. The quantitative estimate of drug-likeness (QED) is 0.546. The maximum absolute atomic E-state index is 12.3. The molecule has 0 saturated heterocycles. The molecule has 24 heavy (non-hydrogen) atoms. The number of fused-ring (bicyclic) bond motifs is 1. The standard InChI is InChI=1S/C21H20N2O/c1-23(2)20-11-9-19(10-12-20)22-14-13-21(24)18-8-7-16-5-3-4-6-17(16)15-18/h3-15,22H,1-2H3/b14-13-. The van der Waals surface area contributed by atoms with Gasteiger partial charge in [-0.15, -0.1) is 0 Å². The molecular formula is C21H20N2O. The molecule has 0 bridgehead atoms. The van der Waals surface area contributed by atoms with Gasteiger partial charge in [0.15, 0.2) is 5.78 Å². The summed E-state index contributed by atoms with van der Waals surface area (Å²) in [5.41, 5.74) is 2.77. The molecule has 3 aromatic carbocycles. The first-order valence-electron chi connectivity index (χ1n) is 7.87. The summed E-state index contributed by atoms with van der Waals surface area (Å²) in [5.74, 6) is -0.0156. The van der Waals surface area contributed by atoms with Crippen LogP contribution in [0.1, 0.15) is 10.4 Å². The Morgan fingerprint density at radius 1 is 0.917 bits per heavy atom. The number of nitrogens with zero attached hydrogens (tertiary/aromatic N) is 1. The molecule has 0 amide bonds. The number of rotatable bonds is 5. The van der Waals surface area contributed by atoms with E-state index in [1.807, 2.05) is 85.7 Å². The second-order valence-electron chi connectivity index (χ2n) is 5.85. The molecular weight excluding hydrogens is 296 g/mol. The summed E-state index contributed by atoms with van der Waals surface area (Å²) in [6.45, 7) is 0. The lowest BCUT2D eigenvalue weighted by Crippen LogP contribution is -2.08. The van der Waals surface area contributed by atoms with Gasteiger partial charge in [-0.2, -0.15) is 0 Å². The largest absolute Gasteiger partial charge is 0.378 e. The van der Waals surface area contributed by atoms with E-state index in [0.717, 1.165) is 22.1 Å². The van der Waals surface area contributed by atoms with Gasteiger partial charge < -0.3 is 10.2 Å². The first-order valence-corrected chi connectivity index (χ1v) is 7.87. The fourth-order valence-electron chi connectivity index (χ4n) is 2.51. The second-order valence-corrected chi connectivity index (χ2v) is 5.85. The van der Waals surface area contributed by atoms with E-state index in [4.69, 9.17) is 0 Å². The molecule has 0 radical (unpaired) electrons. The zero-order valence-electron chi connectivity index (χ0n) is 13.9. The van der Waals surface area contributed by atoms with Gasteiger partial charge in [0.25, 0.3) is 0 Å². The summed E-state index contributed by atoms with van der Waals surface area (Å²) in [6.07, 6.45) is 3.24. The summed E-state index contributed by atoms with van der Waals surface area (Å²) < 4.78 is 0. The highest BCUT2D eigenvalue weighted by Gasteiger charge is 2.02. The van der Waals surface area contributed by atoms with Crippen LogP contribution in [-0.2, 0) is 0 Å². The molecule has 3 aromatic rings. The Hall–Kier alpha value is -3.07. The number of hydrogen-bond acceptors (Lipinski definition) is 3. The van der Waals surface area contributed by atoms with Crippen molar-refractivity contribution in [2.45, 2.75) is 0 Å². The molecule has 0 aromatic heterocycles. The van der Waals surface area contributed by atoms with Crippen molar-refractivity contribution >= 4 is 27.9 Å². The first kappa shape index (κ1) is 15.8. The van der Waals surface area contributed by atoms with Crippen molar-refractivity contribution in [3.63, 3.8) is 0 Å². The fraction of sp³-hybridized carbons (Fsp3) is 0.0952. The van der Waals surface area contributed by atoms with Crippen LogP contribution in [0.5, 0.6) is 0 Å². The van der Waals surface area contributed by atoms with E-state index in [1.165, 1.54) is 0 Å². The van der Waals surface area contributed by atoms with Crippen LogP contribution in [0.15, 0.2) is 79.0 Å². The molecule has 3 nitrogen and oxygen atoms in total. The zero-order valence-corrected chi connectivity index (χ0v) is 13.9. The van der Waals surface area contributed by atoms with Gasteiger partial charge in [-0.05, 0) is 41.1 Å². The van der Waals surface area contributed by atoms with Crippen LogP contribution in [0.4, 0.5) is 11.4 Å². The van der Waals surface area contributed by atoms with Gasteiger partial charge in [0.1, 0.15) is 0 Å². The van der Waals surface area contributed by atoms with Crippen LogP contribution in [0.3, 0.4) is 0 Å². The third-order valence-electron chi connectivity index (χ3n) is 3.90. The highest BCUT2D eigenvalue weighted by Crippen LogP contribution is 2.17. The van der Waals surface area contributed by atoms with E-state index in [2.05, 4.69) is 5.32 Å². The molecule has 0 aliphatic heterocycles. The second kappa shape index (κ2) is 7.01. The lowest BCUT2D eigenvalue weighted by atomic mass is 10.0. The third kappa shape index (κ3) is 3.63. The van der Waals surface area contributed by atoms with Crippen LogP contribution >= 0.6 is 0 Å².